The summed E-state index contributed by atoms with van der Waals surface area (Å²) in [6.07, 6.45) is 1.38. The van der Waals surface area contributed by atoms with Gasteiger partial charge in [0.05, 0.1) is 18.6 Å². The highest BCUT2D eigenvalue weighted by molar-refractivity contribution is 5.71. The second-order valence-corrected chi connectivity index (χ2v) is 5.56. The van der Waals surface area contributed by atoms with E-state index in [1.54, 1.807) is 0 Å². The fraction of sp³-hybridized carbons (Fsp3) is 0.588. The molecule has 1 rings (SSSR count). The molecule has 0 aliphatic rings. The monoisotopic (exact) mass is 277 g/mol. The standard InChI is InChI=1S/C17H27NO2/c1-6-10-18-17(5,12-16(19)20-7-2)15-9-8-13(3)11-14(15)4/h8-9,11,18H,6-7,10,12H2,1-5H3. The van der Waals surface area contributed by atoms with Gasteiger partial charge in [-0.15, -0.1) is 0 Å². The second kappa shape index (κ2) is 7.44. The molecule has 112 valence electrons. The van der Waals surface area contributed by atoms with E-state index in [1.165, 1.54) is 16.7 Å². The quantitative estimate of drug-likeness (QED) is 0.776. The number of aryl methyl sites for hydroxylation is 2. The number of nitrogens with one attached hydrogen (secondary N) is 1. The van der Waals surface area contributed by atoms with Gasteiger partial charge in [0.2, 0.25) is 0 Å². The molecule has 3 nitrogen and oxygen atoms in total. The Labute approximate surface area is 122 Å². The molecule has 3 heteroatoms. The van der Waals surface area contributed by atoms with Crippen LogP contribution in [0.4, 0.5) is 0 Å². The zero-order valence-corrected chi connectivity index (χ0v) is 13.4. The normalized spacial score (nSPS) is 13.8. The first-order valence-electron chi connectivity index (χ1n) is 7.41. The lowest BCUT2D eigenvalue weighted by molar-refractivity contribution is -0.144. The van der Waals surface area contributed by atoms with E-state index in [2.05, 4.69) is 51.2 Å². The van der Waals surface area contributed by atoms with Crippen LogP contribution in [-0.2, 0) is 15.1 Å². The minimum Gasteiger partial charge on any atom is -0.466 e. The fourth-order valence-corrected chi connectivity index (χ4v) is 2.59. The lowest BCUT2D eigenvalue weighted by atomic mass is 9.85. The molecular formula is C17H27NO2. The van der Waals surface area contributed by atoms with Gasteiger partial charge in [-0.1, -0.05) is 30.7 Å². The number of rotatable bonds is 7. The van der Waals surface area contributed by atoms with Crippen LogP contribution in [0.25, 0.3) is 0 Å². The predicted octanol–water partition coefficient (Wildman–Crippen LogP) is 3.47. The van der Waals surface area contributed by atoms with Gasteiger partial charge in [0, 0.05) is 0 Å². The summed E-state index contributed by atoms with van der Waals surface area (Å²) in [4.78, 5) is 11.9. The van der Waals surface area contributed by atoms with Crippen molar-refractivity contribution in [1.29, 1.82) is 0 Å². The molecule has 1 aromatic rings. The van der Waals surface area contributed by atoms with Crippen molar-refractivity contribution in [1.82, 2.24) is 5.32 Å². The van der Waals surface area contributed by atoms with Crippen LogP contribution in [0.15, 0.2) is 18.2 Å². The molecule has 0 bridgehead atoms. The molecule has 0 amide bonds. The molecule has 0 aliphatic heterocycles. The second-order valence-electron chi connectivity index (χ2n) is 5.56. The maximum Gasteiger partial charge on any atom is 0.307 e. The van der Waals surface area contributed by atoms with Crippen molar-refractivity contribution < 1.29 is 9.53 Å². The van der Waals surface area contributed by atoms with Crippen LogP contribution in [0, 0.1) is 13.8 Å². The lowest BCUT2D eigenvalue weighted by Gasteiger charge is -2.32. The Morgan fingerprint density at radius 1 is 1.30 bits per heavy atom. The predicted molar refractivity (Wildman–Crippen MR) is 82.8 cm³/mol. The van der Waals surface area contributed by atoms with Gasteiger partial charge in [0.15, 0.2) is 0 Å². The summed E-state index contributed by atoms with van der Waals surface area (Å²) < 4.78 is 5.12. The van der Waals surface area contributed by atoms with Crippen molar-refractivity contribution in [3.05, 3.63) is 34.9 Å². The third-order valence-electron chi connectivity index (χ3n) is 3.54. The van der Waals surface area contributed by atoms with Crippen LogP contribution < -0.4 is 5.32 Å². The van der Waals surface area contributed by atoms with E-state index in [1.807, 2.05) is 6.92 Å². The van der Waals surface area contributed by atoms with E-state index in [0.29, 0.717) is 13.0 Å². The molecule has 1 aromatic carbocycles. The van der Waals surface area contributed by atoms with Crippen LogP contribution in [0.5, 0.6) is 0 Å². The molecular weight excluding hydrogens is 250 g/mol. The molecule has 1 N–H and O–H groups in total. The van der Waals surface area contributed by atoms with E-state index < -0.39 is 0 Å². The molecule has 0 heterocycles. The van der Waals surface area contributed by atoms with Crippen molar-refractivity contribution in [2.75, 3.05) is 13.2 Å². The summed E-state index contributed by atoms with van der Waals surface area (Å²) in [6, 6.07) is 6.37. The van der Waals surface area contributed by atoms with Gasteiger partial charge < -0.3 is 10.1 Å². The van der Waals surface area contributed by atoms with Crippen molar-refractivity contribution >= 4 is 5.97 Å². The molecule has 0 saturated carbocycles. The highest BCUT2D eigenvalue weighted by Gasteiger charge is 2.30. The summed E-state index contributed by atoms with van der Waals surface area (Å²) in [5, 5.41) is 3.51. The van der Waals surface area contributed by atoms with Gasteiger partial charge in [0.1, 0.15) is 0 Å². The van der Waals surface area contributed by atoms with E-state index in [9.17, 15) is 4.79 Å². The molecule has 20 heavy (non-hydrogen) atoms. The van der Waals surface area contributed by atoms with Gasteiger partial charge in [0.25, 0.3) is 0 Å². The number of benzene rings is 1. The Balaban J connectivity index is 3.05. The number of carbonyl (C=O) groups is 1. The van der Waals surface area contributed by atoms with Crippen LogP contribution in [-0.4, -0.2) is 19.1 Å². The lowest BCUT2D eigenvalue weighted by Crippen LogP contribution is -2.42. The molecule has 1 unspecified atom stereocenters. The summed E-state index contributed by atoms with van der Waals surface area (Å²) in [5.74, 6) is -0.154. The zero-order chi connectivity index (χ0) is 15.2. The van der Waals surface area contributed by atoms with Crippen molar-refractivity contribution in [2.24, 2.45) is 0 Å². The Morgan fingerprint density at radius 3 is 2.55 bits per heavy atom. The van der Waals surface area contributed by atoms with Crippen molar-refractivity contribution in [3.63, 3.8) is 0 Å². The van der Waals surface area contributed by atoms with Gasteiger partial charge in [-0.3, -0.25) is 4.79 Å². The Kier molecular flexibility index (Phi) is 6.21. The maximum atomic E-state index is 11.9. The van der Waals surface area contributed by atoms with Crippen molar-refractivity contribution in [3.8, 4) is 0 Å². The third kappa shape index (κ3) is 4.34. The maximum absolute atomic E-state index is 11.9. The Bertz CT molecular complexity index is 456. The topological polar surface area (TPSA) is 38.3 Å². The number of ether oxygens (including phenoxy) is 1. The van der Waals surface area contributed by atoms with Gasteiger partial charge >= 0.3 is 5.97 Å². The molecule has 0 radical (unpaired) electrons. The van der Waals surface area contributed by atoms with Crippen LogP contribution in [0.1, 0.15) is 50.3 Å². The smallest absolute Gasteiger partial charge is 0.307 e. The highest BCUT2D eigenvalue weighted by Crippen LogP contribution is 2.28. The first-order valence-corrected chi connectivity index (χ1v) is 7.41. The molecule has 0 aromatic heterocycles. The van der Waals surface area contributed by atoms with Gasteiger partial charge in [-0.25, -0.2) is 0 Å². The van der Waals surface area contributed by atoms with Crippen LogP contribution in [0.3, 0.4) is 0 Å². The van der Waals surface area contributed by atoms with Crippen LogP contribution >= 0.6 is 0 Å². The molecule has 0 spiro atoms. The van der Waals surface area contributed by atoms with Crippen molar-refractivity contribution in [2.45, 2.75) is 53.0 Å². The van der Waals surface area contributed by atoms with E-state index in [0.717, 1.165) is 13.0 Å². The number of carbonyl (C=O) groups excluding carboxylic acids is 1. The molecule has 0 fully saturated rings. The average molecular weight is 277 g/mol. The minimum absolute atomic E-state index is 0.154. The first kappa shape index (κ1) is 16.7. The number of esters is 1. The summed E-state index contributed by atoms with van der Waals surface area (Å²) in [6.45, 7) is 11.5. The SMILES string of the molecule is CCCNC(C)(CC(=O)OCC)c1ccc(C)cc1C. The number of hydrogen-bond donors (Lipinski definition) is 1. The van der Waals surface area contributed by atoms with E-state index >= 15 is 0 Å². The fourth-order valence-electron chi connectivity index (χ4n) is 2.59. The molecule has 1 atom stereocenters. The van der Waals surface area contributed by atoms with Crippen LogP contribution in [0.2, 0.25) is 0 Å². The number of hydrogen-bond acceptors (Lipinski definition) is 3. The minimum atomic E-state index is -0.375. The Morgan fingerprint density at radius 2 is 2.00 bits per heavy atom. The zero-order valence-electron chi connectivity index (χ0n) is 13.4. The Hall–Kier alpha value is -1.35. The molecule has 0 aliphatic carbocycles. The average Bonchev–Trinajstić information content (AvgIpc) is 2.36. The van der Waals surface area contributed by atoms with Gasteiger partial charge in [-0.05, 0) is 51.8 Å². The van der Waals surface area contributed by atoms with E-state index in [-0.39, 0.29) is 11.5 Å². The van der Waals surface area contributed by atoms with Gasteiger partial charge in [-0.2, -0.15) is 0 Å². The third-order valence-corrected chi connectivity index (χ3v) is 3.54. The summed E-state index contributed by atoms with van der Waals surface area (Å²) in [7, 11) is 0. The van der Waals surface area contributed by atoms with E-state index in [4.69, 9.17) is 4.74 Å². The highest BCUT2D eigenvalue weighted by atomic mass is 16.5. The molecule has 0 saturated heterocycles. The summed E-state index contributed by atoms with van der Waals surface area (Å²) >= 11 is 0. The summed E-state index contributed by atoms with van der Waals surface area (Å²) in [5.41, 5.74) is 3.24. The largest absolute Gasteiger partial charge is 0.466 e. The first-order chi connectivity index (χ1) is 9.42.